The lowest BCUT2D eigenvalue weighted by molar-refractivity contribution is 0.0868. The second-order valence-corrected chi connectivity index (χ2v) is 5.95. The Morgan fingerprint density at radius 3 is 2.82 bits per heavy atom. The SMILES string of the molecule is OC1(c2ccc(Cl)s2)CCc2c(F)cccc21. The van der Waals surface area contributed by atoms with E-state index in [1.54, 1.807) is 18.2 Å². The molecule has 1 N–H and O–H groups in total. The second kappa shape index (κ2) is 3.80. The normalized spacial score (nSPS) is 22.8. The largest absolute Gasteiger partial charge is 0.380 e. The molecule has 88 valence electrons. The number of benzene rings is 1. The molecular formula is C13H10ClFOS. The van der Waals surface area contributed by atoms with E-state index in [0.717, 1.165) is 4.88 Å². The Balaban J connectivity index is 2.17. The minimum atomic E-state index is -1.07. The molecular weight excluding hydrogens is 259 g/mol. The molecule has 1 heterocycles. The number of thiophene rings is 1. The van der Waals surface area contributed by atoms with Crippen molar-refractivity contribution < 1.29 is 9.50 Å². The van der Waals surface area contributed by atoms with Crippen molar-refractivity contribution in [1.82, 2.24) is 0 Å². The van der Waals surface area contributed by atoms with Gasteiger partial charge in [-0.3, -0.25) is 0 Å². The van der Waals surface area contributed by atoms with Crippen LogP contribution in [0.5, 0.6) is 0 Å². The third kappa shape index (κ3) is 1.61. The molecule has 1 aromatic carbocycles. The minimum absolute atomic E-state index is 0.235. The average Bonchev–Trinajstić information content (AvgIpc) is 2.86. The Morgan fingerprint density at radius 2 is 2.12 bits per heavy atom. The monoisotopic (exact) mass is 268 g/mol. The van der Waals surface area contributed by atoms with Crippen LogP contribution in [0.15, 0.2) is 30.3 Å². The van der Waals surface area contributed by atoms with Crippen LogP contribution >= 0.6 is 22.9 Å². The highest BCUT2D eigenvalue weighted by atomic mass is 35.5. The molecule has 1 aromatic heterocycles. The first-order valence-corrected chi connectivity index (χ1v) is 6.57. The maximum absolute atomic E-state index is 13.6. The molecule has 0 spiro atoms. The zero-order chi connectivity index (χ0) is 12.0. The van der Waals surface area contributed by atoms with Gasteiger partial charge in [0.2, 0.25) is 0 Å². The highest BCUT2D eigenvalue weighted by Crippen LogP contribution is 2.45. The van der Waals surface area contributed by atoms with Crippen LogP contribution < -0.4 is 0 Å². The van der Waals surface area contributed by atoms with Crippen LogP contribution in [0, 0.1) is 5.82 Å². The average molecular weight is 269 g/mol. The summed E-state index contributed by atoms with van der Waals surface area (Å²) < 4.78 is 14.3. The molecule has 1 atom stereocenters. The van der Waals surface area contributed by atoms with E-state index in [1.165, 1.54) is 17.4 Å². The highest BCUT2D eigenvalue weighted by molar-refractivity contribution is 7.16. The van der Waals surface area contributed by atoms with Gasteiger partial charge in [0.05, 0.1) is 4.34 Å². The number of fused-ring (bicyclic) bond motifs is 1. The van der Waals surface area contributed by atoms with E-state index in [2.05, 4.69) is 0 Å². The molecule has 1 unspecified atom stereocenters. The Hall–Kier alpha value is -0.900. The van der Waals surface area contributed by atoms with Gasteiger partial charge < -0.3 is 5.11 Å². The zero-order valence-electron chi connectivity index (χ0n) is 8.91. The standard InChI is InChI=1S/C13H10ClFOS/c14-12-5-4-11(17-12)13(16)7-6-8-9(13)2-1-3-10(8)15/h1-5,16H,6-7H2. The van der Waals surface area contributed by atoms with Crippen LogP contribution in [0.1, 0.15) is 22.4 Å². The molecule has 0 fully saturated rings. The molecule has 0 aliphatic heterocycles. The van der Waals surface area contributed by atoms with Gasteiger partial charge in [-0.25, -0.2) is 4.39 Å². The number of halogens is 2. The van der Waals surface area contributed by atoms with E-state index in [0.29, 0.717) is 28.3 Å². The molecule has 0 radical (unpaired) electrons. The summed E-state index contributed by atoms with van der Waals surface area (Å²) in [6.07, 6.45) is 1.08. The molecule has 1 aliphatic rings. The third-order valence-corrected chi connectivity index (χ3v) is 4.66. The molecule has 1 aliphatic carbocycles. The van der Waals surface area contributed by atoms with Crippen molar-refractivity contribution in [3.8, 4) is 0 Å². The van der Waals surface area contributed by atoms with E-state index in [4.69, 9.17) is 11.6 Å². The quantitative estimate of drug-likeness (QED) is 0.836. The fourth-order valence-electron chi connectivity index (χ4n) is 2.43. The Bertz CT molecular complexity index is 581. The van der Waals surface area contributed by atoms with Crippen LogP contribution in [-0.2, 0) is 12.0 Å². The number of aliphatic hydroxyl groups is 1. The number of hydrogen-bond donors (Lipinski definition) is 1. The molecule has 0 saturated carbocycles. The van der Waals surface area contributed by atoms with E-state index in [1.807, 2.05) is 6.07 Å². The van der Waals surface area contributed by atoms with Crippen LogP contribution in [0.3, 0.4) is 0 Å². The first kappa shape index (κ1) is 11.2. The van der Waals surface area contributed by atoms with Gasteiger partial charge in [0, 0.05) is 4.88 Å². The maximum Gasteiger partial charge on any atom is 0.126 e. The van der Waals surface area contributed by atoms with E-state index in [-0.39, 0.29) is 5.82 Å². The van der Waals surface area contributed by atoms with Gasteiger partial charge in [-0.2, -0.15) is 0 Å². The molecule has 4 heteroatoms. The van der Waals surface area contributed by atoms with E-state index < -0.39 is 5.60 Å². The summed E-state index contributed by atoms with van der Waals surface area (Å²) in [5.41, 5.74) is 0.227. The highest BCUT2D eigenvalue weighted by Gasteiger charge is 2.40. The molecule has 2 aromatic rings. The molecule has 0 bridgehead atoms. The van der Waals surface area contributed by atoms with Crippen molar-refractivity contribution in [2.45, 2.75) is 18.4 Å². The van der Waals surface area contributed by atoms with Gasteiger partial charge in [-0.15, -0.1) is 11.3 Å². The maximum atomic E-state index is 13.6. The summed E-state index contributed by atoms with van der Waals surface area (Å²) in [5.74, 6) is -0.235. The number of hydrogen-bond acceptors (Lipinski definition) is 2. The Labute approximate surface area is 107 Å². The van der Waals surface area contributed by atoms with Crippen molar-refractivity contribution >= 4 is 22.9 Å². The summed E-state index contributed by atoms with van der Waals surface area (Å²) >= 11 is 7.24. The van der Waals surface area contributed by atoms with Gasteiger partial charge in [0.1, 0.15) is 11.4 Å². The lowest BCUT2D eigenvalue weighted by Gasteiger charge is -2.22. The van der Waals surface area contributed by atoms with Gasteiger partial charge in [0.15, 0.2) is 0 Å². The van der Waals surface area contributed by atoms with Crippen molar-refractivity contribution in [3.63, 3.8) is 0 Å². The first-order chi connectivity index (χ1) is 8.11. The predicted molar refractivity (Wildman–Crippen MR) is 67.0 cm³/mol. The summed E-state index contributed by atoms with van der Waals surface area (Å²) in [7, 11) is 0. The van der Waals surface area contributed by atoms with Crippen LogP contribution in [0.25, 0.3) is 0 Å². The lowest BCUT2D eigenvalue weighted by Crippen LogP contribution is -2.22. The fraction of sp³-hybridized carbons (Fsp3) is 0.231. The molecule has 0 saturated heterocycles. The van der Waals surface area contributed by atoms with E-state index in [9.17, 15) is 9.50 Å². The molecule has 17 heavy (non-hydrogen) atoms. The Kier molecular flexibility index (Phi) is 2.51. The van der Waals surface area contributed by atoms with Crippen LogP contribution in [0.2, 0.25) is 4.34 Å². The molecule has 3 rings (SSSR count). The van der Waals surface area contributed by atoms with Gasteiger partial charge in [0.25, 0.3) is 0 Å². The third-order valence-electron chi connectivity index (χ3n) is 3.28. The van der Waals surface area contributed by atoms with Crippen LogP contribution in [-0.4, -0.2) is 5.11 Å². The minimum Gasteiger partial charge on any atom is -0.380 e. The summed E-state index contributed by atoms with van der Waals surface area (Å²) in [4.78, 5) is 0.784. The topological polar surface area (TPSA) is 20.2 Å². The summed E-state index contributed by atoms with van der Waals surface area (Å²) in [6, 6.07) is 8.44. The smallest absolute Gasteiger partial charge is 0.126 e. The first-order valence-electron chi connectivity index (χ1n) is 5.37. The van der Waals surface area contributed by atoms with E-state index >= 15 is 0 Å². The van der Waals surface area contributed by atoms with Gasteiger partial charge in [-0.1, -0.05) is 23.7 Å². The Morgan fingerprint density at radius 1 is 1.29 bits per heavy atom. The van der Waals surface area contributed by atoms with Crippen molar-refractivity contribution in [1.29, 1.82) is 0 Å². The number of rotatable bonds is 1. The van der Waals surface area contributed by atoms with Gasteiger partial charge in [-0.05, 0) is 42.2 Å². The summed E-state index contributed by atoms with van der Waals surface area (Å²) in [6.45, 7) is 0. The van der Waals surface area contributed by atoms with Gasteiger partial charge >= 0.3 is 0 Å². The second-order valence-electron chi connectivity index (χ2n) is 4.23. The lowest BCUT2D eigenvalue weighted by atomic mass is 9.94. The fourth-order valence-corrected chi connectivity index (χ4v) is 3.61. The van der Waals surface area contributed by atoms with Crippen molar-refractivity contribution in [3.05, 3.63) is 56.5 Å². The predicted octanol–water partition coefficient (Wildman–Crippen LogP) is 3.72. The summed E-state index contributed by atoms with van der Waals surface area (Å²) in [5, 5.41) is 10.7. The van der Waals surface area contributed by atoms with Crippen molar-refractivity contribution in [2.75, 3.05) is 0 Å². The zero-order valence-corrected chi connectivity index (χ0v) is 10.5. The van der Waals surface area contributed by atoms with Crippen LogP contribution in [0.4, 0.5) is 4.39 Å². The molecule has 1 nitrogen and oxygen atoms in total. The molecule has 0 amide bonds. The van der Waals surface area contributed by atoms with Crippen molar-refractivity contribution in [2.24, 2.45) is 0 Å².